The summed E-state index contributed by atoms with van der Waals surface area (Å²) in [5.41, 5.74) is 0.479. The molecule has 34 heavy (non-hydrogen) atoms. The van der Waals surface area contributed by atoms with Crippen molar-refractivity contribution in [3.63, 3.8) is 0 Å². The van der Waals surface area contributed by atoms with Gasteiger partial charge in [-0.25, -0.2) is 0 Å². The number of hydrogen-bond acceptors (Lipinski definition) is 11. The Kier molecular flexibility index (Phi) is 8.19. The van der Waals surface area contributed by atoms with Crippen LogP contribution in [0.15, 0.2) is 36.4 Å². The molecule has 9 N–H and O–H groups in total. The minimum Gasteiger partial charge on any atom is -0.504 e. The molecule has 0 amide bonds. The van der Waals surface area contributed by atoms with Crippen molar-refractivity contribution in [2.24, 2.45) is 0 Å². The zero-order valence-corrected chi connectivity index (χ0v) is 17.8. The number of aromatic hydroxyl groups is 4. The van der Waals surface area contributed by atoms with Crippen LogP contribution in [0.4, 0.5) is 0 Å². The zero-order valence-electron chi connectivity index (χ0n) is 17.8. The van der Waals surface area contributed by atoms with E-state index in [4.69, 9.17) is 9.47 Å². The van der Waals surface area contributed by atoms with Crippen LogP contribution >= 0.6 is 0 Å². The van der Waals surface area contributed by atoms with Crippen LogP contribution in [-0.2, 0) is 9.47 Å². The summed E-state index contributed by atoms with van der Waals surface area (Å²) in [6.07, 6.45) is -10.7. The van der Waals surface area contributed by atoms with Gasteiger partial charge in [0.15, 0.2) is 29.3 Å². The van der Waals surface area contributed by atoms with Crippen LogP contribution in [0.5, 0.6) is 23.0 Å². The Bertz CT molecular complexity index is 1040. The van der Waals surface area contributed by atoms with Gasteiger partial charge in [-0.15, -0.1) is 0 Å². The van der Waals surface area contributed by atoms with Gasteiger partial charge in [0.25, 0.3) is 0 Å². The lowest BCUT2D eigenvalue weighted by molar-refractivity contribution is -0.316. The SMILES string of the molecule is OC[C@H]1O[C@@H](OC(CC#Cc2ccc(O)c(O)c2)C(O)c2ccc(O)c(O)c2)[C@H](O)[C@@H](O)[C@@H]1O. The Hall–Kier alpha value is -3.08. The van der Waals surface area contributed by atoms with E-state index in [0.29, 0.717) is 5.56 Å². The molecule has 0 saturated carbocycles. The molecule has 0 aliphatic carbocycles. The normalized spacial score (nSPS) is 26.3. The van der Waals surface area contributed by atoms with E-state index in [1.54, 1.807) is 0 Å². The van der Waals surface area contributed by atoms with Gasteiger partial charge in [-0.3, -0.25) is 0 Å². The third kappa shape index (κ3) is 5.69. The van der Waals surface area contributed by atoms with Gasteiger partial charge in [0.2, 0.25) is 0 Å². The first-order chi connectivity index (χ1) is 16.1. The van der Waals surface area contributed by atoms with E-state index in [0.717, 1.165) is 12.1 Å². The average molecular weight is 478 g/mol. The third-order valence-electron chi connectivity index (χ3n) is 5.36. The van der Waals surface area contributed by atoms with E-state index in [1.807, 2.05) is 0 Å². The fraction of sp³-hybridized carbons (Fsp3) is 0.391. The Morgan fingerprint density at radius 1 is 0.853 bits per heavy atom. The van der Waals surface area contributed by atoms with Gasteiger partial charge in [-0.1, -0.05) is 17.9 Å². The maximum absolute atomic E-state index is 10.9. The number of phenolic OH excluding ortho intramolecular Hbond substituents is 4. The molecule has 1 heterocycles. The first kappa shape index (κ1) is 25.5. The van der Waals surface area contributed by atoms with Gasteiger partial charge in [0.05, 0.1) is 6.61 Å². The summed E-state index contributed by atoms with van der Waals surface area (Å²) in [7, 11) is 0. The van der Waals surface area contributed by atoms with Gasteiger partial charge in [0.1, 0.15) is 36.6 Å². The molecule has 1 saturated heterocycles. The van der Waals surface area contributed by atoms with Crippen molar-refractivity contribution in [3.8, 4) is 34.8 Å². The Morgan fingerprint density at radius 2 is 1.50 bits per heavy atom. The predicted octanol–water partition coefficient (Wildman–Crippen LogP) is -0.831. The Morgan fingerprint density at radius 3 is 2.12 bits per heavy atom. The Balaban J connectivity index is 1.86. The smallest absolute Gasteiger partial charge is 0.187 e. The highest BCUT2D eigenvalue weighted by molar-refractivity contribution is 5.46. The molecule has 2 unspecified atom stereocenters. The lowest BCUT2D eigenvalue weighted by Crippen LogP contribution is -2.59. The molecule has 184 valence electrons. The van der Waals surface area contributed by atoms with E-state index >= 15 is 0 Å². The van der Waals surface area contributed by atoms with Gasteiger partial charge >= 0.3 is 0 Å². The summed E-state index contributed by atoms with van der Waals surface area (Å²) in [6, 6.07) is 7.51. The second-order valence-corrected chi connectivity index (χ2v) is 7.77. The van der Waals surface area contributed by atoms with Crippen LogP contribution in [0.3, 0.4) is 0 Å². The van der Waals surface area contributed by atoms with Crippen LogP contribution in [0, 0.1) is 11.8 Å². The van der Waals surface area contributed by atoms with Crippen molar-refractivity contribution in [1.29, 1.82) is 0 Å². The quantitative estimate of drug-likeness (QED) is 0.185. The number of hydrogen-bond donors (Lipinski definition) is 9. The molecule has 0 aromatic heterocycles. The summed E-state index contributed by atoms with van der Waals surface area (Å²) in [5.74, 6) is 3.86. The fourth-order valence-electron chi connectivity index (χ4n) is 3.38. The third-order valence-corrected chi connectivity index (χ3v) is 5.36. The highest BCUT2D eigenvalue weighted by Crippen LogP contribution is 2.32. The maximum atomic E-state index is 10.9. The summed E-state index contributed by atoms with van der Waals surface area (Å²) < 4.78 is 11.0. The summed E-state index contributed by atoms with van der Waals surface area (Å²) in [5, 5.41) is 88.8. The Labute approximate surface area is 194 Å². The van der Waals surface area contributed by atoms with Crippen molar-refractivity contribution < 1.29 is 55.4 Å². The highest BCUT2D eigenvalue weighted by atomic mass is 16.7. The monoisotopic (exact) mass is 478 g/mol. The first-order valence-corrected chi connectivity index (χ1v) is 10.3. The molecule has 3 rings (SSSR count). The summed E-state index contributed by atoms with van der Waals surface area (Å²) in [4.78, 5) is 0. The number of phenols is 4. The predicted molar refractivity (Wildman–Crippen MR) is 115 cm³/mol. The number of benzene rings is 2. The molecule has 0 radical (unpaired) electrons. The molecular formula is C23H26O11. The molecule has 7 atom stereocenters. The van der Waals surface area contributed by atoms with Crippen molar-refractivity contribution in [2.75, 3.05) is 6.61 Å². The van der Waals surface area contributed by atoms with Crippen molar-refractivity contribution in [2.45, 2.75) is 49.3 Å². The van der Waals surface area contributed by atoms with Crippen molar-refractivity contribution in [3.05, 3.63) is 47.5 Å². The molecule has 0 spiro atoms. The van der Waals surface area contributed by atoms with Crippen LogP contribution in [0.2, 0.25) is 0 Å². The van der Waals surface area contributed by atoms with Crippen molar-refractivity contribution in [1.82, 2.24) is 0 Å². The lowest BCUT2D eigenvalue weighted by Gasteiger charge is -2.41. The highest BCUT2D eigenvalue weighted by Gasteiger charge is 2.45. The van der Waals surface area contributed by atoms with Gasteiger partial charge in [-0.05, 0) is 35.9 Å². The number of ether oxygens (including phenoxy) is 2. The van der Waals surface area contributed by atoms with Gasteiger partial charge in [-0.2, -0.15) is 0 Å². The van der Waals surface area contributed by atoms with Crippen LogP contribution in [-0.4, -0.2) is 89.4 Å². The summed E-state index contributed by atoms with van der Waals surface area (Å²) >= 11 is 0. The lowest BCUT2D eigenvalue weighted by atomic mass is 9.98. The largest absolute Gasteiger partial charge is 0.504 e. The minimum atomic E-state index is -1.72. The standard InChI is InChI=1S/C23H26O11/c24-10-18-20(30)21(31)22(32)23(34-18)33-17(19(29)12-5-7-14(26)16(28)9-12)3-1-2-11-4-6-13(25)15(27)8-11/h4-9,17-32H,3,10H2/t17?,18-,19?,20-,21+,22-,23-/m1/s1. The van der Waals surface area contributed by atoms with Crippen LogP contribution in [0.25, 0.3) is 0 Å². The molecular weight excluding hydrogens is 452 g/mol. The van der Waals surface area contributed by atoms with E-state index in [-0.39, 0.29) is 23.5 Å². The number of aliphatic hydroxyl groups is 5. The van der Waals surface area contributed by atoms with E-state index in [2.05, 4.69) is 11.8 Å². The zero-order chi connectivity index (χ0) is 25.0. The molecule has 1 aliphatic rings. The fourth-order valence-corrected chi connectivity index (χ4v) is 3.38. The number of rotatable bonds is 6. The van der Waals surface area contributed by atoms with Crippen molar-refractivity contribution >= 4 is 0 Å². The molecule has 11 nitrogen and oxygen atoms in total. The van der Waals surface area contributed by atoms with Crippen LogP contribution < -0.4 is 0 Å². The summed E-state index contributed by atoms with van der Waals surface area (Å²) in [6.45, 7) is -0.673. The maximum Gasteiger partial charge on any atom is 0.187 e. The van der Waals surface area contributed by atoms with Gasteiger partial charge < -0.3 is 55.4 Å². The topological polar surface area (TPSA) is 201 Å². The van der Waals surface area contributed by atoms with E-state index in [1.165, 1.54) is 24.3 Å². The molecule has 2 aromatic rings. The van der Waals surface area contributed by atoms with Gasteiger partial charge in [0, 0.05) is 12.0 Å². The molecule has 0 bridgehead atoms. The van der Waals surface area contributed by atoms with E-state index < -0.39 is 61.0 Å². The van der Waals surface area contributed by atoms with E-state index in [9.17, 15) is 46.0 Å². The molecule has 2 aromatic carbocycles. The molecule has 11 heteroatoms. The average Bonchev–Trinajstić information content (AvgIpc) is 2.82. The number of aliphatic hydroxyl groups excluding tert-OH is 5. The molecule has 1 aliphatic heterocycles. The second kappa shape index (κ2) is 10.9. The van der Waals surface area contributed by atoms with Crippen LogP contribution in [0.1, 0.15) is 23.7 Å². The first-order valence-electron chi connectivity index (χ1n) is 10.3. The second-order valence-electron chi connectivity index (χ2n) is 7.77. The molecule has 1 fully saturated rings. The minimum absolute atomic E-state index is 0.133.